The van der Waals surface area contributed by atoms with Crippen LogP contribution in [0.2, 0.25) is 0 Å². The van der Waals surface area contributed by atoms with E-state index in [2.05, 4.69) is 70.9 Å². The normalized spacial score (nSPS) is 15.9. The number of guanidine groups is 1. The van der Waals surface area contributed by atoms with Crippen LogP contribution >= 0.6 is 24.0 Å². The number of rotatable bonds is 7. The molecule has 1 aliphatic rings. The van der Waals surface area contributed by atoms with E-state index in [4.69, 9.17) is 0 Å². The Morgan fingerprint density at radius 1 is 0.963 bits per heavy atom. The van der Waals surface area contributed by atoms with E-state index in [0.717, 1.165) is 32.1 Å². The molecule has 5 nitrogen and oxygen atoms in total. The SMILES string of the molecule is CN=C(NCCNC(C)(C)C)NCc1ccc(CN2CCCCC2)cc1.I. The molecule has 0 bridgehead atoms. The van der Waals surface area contributed by atoms with Crippen molar-refractivity contribution in [3.05, 3.63) is 35.4 Å². The van der Waals surface area contributed by atoms with Crippen LogP contribution in [-0.2, 0) is 13.1 Å². The molecule has 1 aliphatic heterocycles. The highest BCUT2D eigenvalue weighted by Crippen LogP contribution is 2.13. The van der Waals surface area contributed by atoms with Crippen molar-refractivity contribution in [1.82, 2.24) is 20.9 Å². The number of aliphatic imine (C=N–C) groups is 1. The van der Waals surface area contributed by atoms with E-state index in [1.54, 1.807) is 0 Å². The van der Waals surface area contributed by atoms with Gasteiger partial charge in [-0.25, -0.2) is 0 Å². The zero-order valence-corrected chi connectivity index (χ0v) is 19.8. The Balaban J connectivity index is 0.00000364. The van der Waals surface area contributed by atoms with Crippen molar-refractivity contribution in [3.63, 3.8) is 0 Å². The van der Waals surface area contributed by atoms with Gasteiger partial charge in [-0.05, 0) is 57.8 Å². The number of hydrogen-bond donors (Lipinski definition) is 3. The fraction of sp³-hybridized carbons (Fsp3) is 0.667. The molecular formula is C21H38IN5. The van der Waals surface area contributed by atoms with E-state index in [1.807, 2.05) is 7.05 Å². The van der Waals surface area contributed by atoms with Crippen molar-refractivity contribution in [2.75, 3.05) is 33.2 Å². The quantitative estimate of drug-likeness (QED) is 0.239. The van der Waals surface area contributed by atoms with Crippen LogP contribution in [-0.4, -0.2) is 49.6 Å². The number of hydrogen-bond acceptors (Lipinski definition) is 3. The third-order valence-corrected chi connectivity index (χ3v) is 4.63. The zero-order valence-electron chi connectivity index (χ0n) is 17.5. The van der Waals surface area contributed by atoms with Gasteiger partial charge in [-0.3, -0.25) is 9.89 Å². The molecule has 154 valence electrons. The second-order valence-corrected chi connectivity index (χ2v) is 8.18. The van der Waals surface area contributed by atoms with Crippen LogP contribution in [0.5, 0.6) is 0 Å². The summed E-state index contributed by atoms with van der Waals surface area (Å²) in [5.41, 5.74) is 2.84. The van der Waals surface area contributed by atoms with Gasteiger partial charge in [0.15, 0.2) is 5.96 Å². The Labute approximate surface area is 182 Å². The van der Waals surface area contributed by atoms with E-state index < -0.39 is 0 Å². The maximum Gasteiger partial charge on any atom is 0.191 e. The fourth-order valence-corrected chi connectivity index (χ4v) is 3.16. The third kappa shape index (κ3) is 10.3. The predicted octanol–water partition coefficient (Wildman–Crippen LogP) is 3.34. The lowest BCUT2D eigenvalue weighted by Crippen LogP contribution is -2.44. The standard InChI is InChI=1S/C21H37N5.HI/c1-21(2,3)25-13-12-23-20(22-4)24-16-18-8-10-19(11-9-18)17-26-14-6-5-7-15-26;/h8-11,25H,5-7,12-17H2,1-4H3,(H2,22,23,24);1H. The number of halogens is 1. The molecule has 6 heteroatoms. The largest absolute Gasteiger partial charge is 0.355 e. The van der Waals surface area contributed by atoms with Gasteiger partial charge in [-0.1, -0.05) is 30.7 Å². The molecule has 0 radical (unpaired) electrons. The molecular weight excluding hydrogens is 449 g/mol. The predicted molar refractivity (Wildman–Crippen MR) is 127 cm³/mol. The van der Waals surface area contributed by atoms with Crippen LogP contribution in [0.4, 0.5) is 0 Å². The van der Waals surface area contributed by atoms with Gasteiger partial charge in [0.25, 0.3) is 0 Å². The molecule has 0 aliphatic carbocycles. The molecule has 1 heterocycles. The Hall–Kier alpha value is -0.860. The van der Waals surface area contributed by atoms with Gasteiger partial charge in [0, 0.05) is 38.8 Å². The lowest BCUT2D eigenvalue weighted by molar-refractivity contribution is 0.221. The van der Waals surface area contributed by atoms with E-state index >= 15 is 0 Å². The molecule has 0 aromatic heterocycles. The first-order valence-electron chi connectivity index (χ1n) is 9.96. The highest BCUT2D eigenvalue weighted by Gasteiger charge is 2.10. The van der Waals surface area contributed by atoms with Crippen LogP contribution in [0.3, 0.4) is 0 Å². The Morgan fingerprint density at radius 3 is 2.19 bits per heavy atom. The van der Waals surface area contributed by atoms with Crippen molar-refractivity contribution >= 4 is 29.9 Å². The smallest absolute Gasteiger partial charge is 0.191 e. The first-order valence-corrected chi connectivity index (χ1v) is 9.96. The lowest BCUT2D eigenvalue weighted by Gasteiger charge is -2.26. The second-order valence-electron chi connectivity index (χ2n) is 8.18. The summed E-state index contributed by atoms with van der Waals surface area (Å²) < 4.78 is 0. The van der Waals surface area contributed by atoms with Crippen molar-refractivity contribution in [3.8, 4) is 0 Å². The molecule has 27 heavy (non-hydrogen) atoms. The highest BCUT2D eigenvalue weighted by molar-refractivity contribution is 14.0. The van der Waals surface area contributed by atoms with Crippen LogP contribution in [0.25, 0.3) is 0 Å². The van der Waals surface area contributed by atoms with Gasteiger partial charge in [0.1, 0.15) is 0 Å². The average Bonchev–Trinajstić information content (AvgIpc) is 2.62. The molecule has 0 saturated carbocycles. The van der Waals surface area contributed by atoms with Crippen LogP contribution in [0, 0.1) is 0 Å². The lowest BCUT2D eigenvalue weighted by atomic mass is 10.1. The fourth-order valence-electron chi connectivity index (χ4n) is 3.16. The minimum absolute atomic E-state index is 0. The van der Waals surface area contributed by atoms with Crippen LogP contribution < -0.4 is 16.0 Å². The van der Waals surface area contributed by atoms with Gasteiger partial charge in [0.05, 0.1) is 0 Å². The molecule has 0 amide bonds. The maximum absolute atomic E-state index is 4.29. The minimum Gasteiger partial charge on any atom is -0.355 e. The summed E-state index contributed by atoms with van der Waals surface area (Å²) in [6, 6.07) is 8.96. The van der Waals surface area contributed by atoms with E-state index in [-0.39, 0.29) is 29.5 Å². The number of nitrogens with one attached hydrogen (secondary N) is 3. The molecule has 1 aromatic rings. The summed E-state index contributed by atoms with van der Waals surface area (Å²) in [5.74, 6) is 0.845. The Bertz CT molecular complexity index is 545. The van der Waals surface area contributed by atoms with Crippen molar-refractivity contribution < 1.29 is 0 Å². The maximum atomic E-state index is 4.29. The minimum atomic E-state index is 0. The molecule has 0 unspecified atom stereocenters. The first-order chi connectivity index (χ1) is 12.5. The van der Waals surface area contributed by atoms with Gasteiger partial charge >= 0.3 is 0 Å². The Morgan fingerprint density at radius 2 is 1.59 bits per heavy atom. The van der Waals surface area contributed by atoms with Crippen LogP contribution in [0.1, 0.15) is 51.2 Å². The monoisotopic (exact) mass is 487 g/mol. The third-order valence-electron chi connectivity index (χ3n) is 4.63. The summed E-state index contributed by atoms with van der Waals surface area (Å²) in [6.45, 7) is 12.7. The van der Waals surface area contributed by atoms with Gasteiger partial charge < -0.3 is 16.0 Å². The highest BCUT2D eigenvalue weighted by atomic mass is 127. The van der Waals surface area contributed by atoms with Crippen molar-refractivity contribution in [2.45, 2.75) is 58.7 Å². The van der Waals surface area contributed by atoms with E-state index in [0.29, 0.717) is 0 Å². The second kappa shape index (κ2) is 12.6. The summed E-state index contributed by atoms with van der Waals surface area (Å²) in [4.78, 5) is 6.86. The Kier molecular flexibility index (Phi) is 11.3. The molecule has 1 aromatic carbocycles. The van der Waals surface area contributed by atoms with Crippen molar-refractivity contribution in [1.29, 1.82) is 0 Å². The summed E-state index contributed by atoms with van der Waals surface area (Å²) in [5, 5.41) is 10.2. The van der Waals surface area contributed by atoms with E-state index in [9.17, 15) is 0 Å². The molecule has 1 saturated heterocycles. The van der Waals surface area contributed by atoms with Gasteiger partial charge in [-0.2, -0.15) is 0 Å². The number of benzene rings is 1. The topological polar surface area (TPSA) is 51.7 Å². The van der Waals surface area contributed by atoms with Crippen LogP contribution in [0.15, 0.2) is 29.3 Å². The molecule has 1 fully saturated rings. The van der Waals surface area contributed by atoms with E-state index in [1.165, 1.54) is 43.5 Å². The number of piperidine rings is 1. The van der Waals surface area contributed by atoms with Crippen molar-refractivity contribution in [2.24, 2.45) is 4.99 Å². The first kappa shape index (κ1) is 24.2. The summed E-state index contributed by atoms with van der Waals surface area (Å²) >= 11 is 0. The molecule has 3 N–H and O–H groups in total. The number of nitrogens with zero attached hydrogens (tertiary/aromatic N) is 2. The average molecular weight is 487 g/mol. The van der Waals surface area contributed by atoms with Gasteiger partial charge in [0.2, 0.25) is 0 Å². The zero-order chi connectivity index (χ0) is 18.8. The molecule has 0 spiro atoms. The van der Waals surface area contributed by atoms with Gasteiger partial charge in [-0.15, -0.1) is 24.0 Å². The molecule has 2 rings (SSSR count). The summed E-state index contributed by atoms with van der Waals surface area (Å²) in [7, 11) is 1.81. The summed E-state index contributed by atoms with van der Waals surface area (Å²) in [6.07, 6.45) is 4.08. The number of likely N-dealkylation sites (tertiary alicyclic amines) is 1. The molecule has 0 atom stereocenters.